The number of carbonyl (C=O) groups is 1. The van der Waals surface area contributed by atoms with E-state index in [0.717, 1.165) is 5.82 Å². The van der Waals surface area contributed by atoms with Gasteiger partial charge in [0.05, 0.1) is 15.5 Å². The molecule has 0 saturated heterocycles. The Morgan fingerprint density at radius 3 is 2.89 bits per heavy atom. The van der Waals surface area contributed by atoms with Gasteiger partial charge in [-0.15, -0.1) is 11.6 Å². The van der Waals surface area contributed by atoms with Crippen molar-refractivity contribution in [2.24, 2.45) is 5.73 Å². The highest BCUT2D eigenvalue weighted by Crippen LogP contribution is 2.24. The summed E-state index contributed by atoms with van der Waals surface area (Å²) in [4.78, 5) is 15.3. The van der Waals surface area contributed by atoms with Crippen LogP contribution in [-0.4, -0.2) is 21.3 Å². The quantitative estimate of drug-likeness (QED) is 0.844. The van der Waals surface area contributed by atoms with Crippen molar-refractivity contribution in [3.8, 4) is 0 Å². The van der Waals surface area contributed by atoms with Crippen LogP contribution in [0.25, 0.3) is 11.0 Å². The molecule has 0 aliphatic heterocycles. The van der Waals surface area contributed by atoms with Crippen molar-refractivity contribution in [2.75, 3.05) is 5.88 Å². The number of carbonyl (C=O) groups excluding carboxylic acids is 1. The predicted octanol–water partition coefficient (Wildman–Crippen LogP) is 2.59. The monoisotopic (exact) mass is 347 g/mol. The van der Waals surface area contributed by atoms with Gasteiger partial charge in [-0.2, -0.15) is 0 Å². The van der Waals surface area contributed by atoms with Crippen molar-refractivity contribution in [1.29, 1.82) is 0 Å². The maximum absolute atomic E-state index is 13.6. The van der Waals surface area contributed by atoms with E-state index in [4.69, 9.17) is 17.3 Å². The van der Waals surface area contributed by atoms with Gasteiger partial charge in [-0.3, -0.25) is 4.79 Å². The molecule has 102 valence electrons. The molecule has 2 aromatic rings. The minimum absolute atomic E-state index is 0.179. The fraction of sp³-hybridized carbons (Fsp3) is 0.333. The lowest BCUT2D eigenvalue weighted by Gasteiger charge is -2.07. The van der Waals surface area contributed by atoms with Gasteiger partial charge in [0.2, 0.25) is 5.91 Å². The summed E-state index contributed by atoms with van der Waals surface area (Å²) in [7, 11) is 0. The third kappa shape index (κ3) is 3.06. The lowest BCUT2D eigenvalue weighted by Crippen LogP contribution is -2.15. The number of hydrogen-bond donors (Lipinski definition) is 1. The van der Waals surface area contributed by atoms with E-state index in [1.807, 2.05) is 0 Å². The molecule has 1 heterocycles. The fourth-order valence-electron chi connectivity index (χ4n) is 1.92. The second kappa shape index (κ2) is 5.88. The molecular formula is C12H12BrClFN3O. The normalized spacial score (nSPS) is 11.1. The number of imidazole rings is 1. The maximum atomic E-state index is 13.6. The van der Waals surface area contributed by atoms with Crippen molar-refractivity contribution in [1.82, 2.24) is 9.55 Å². The summed E-state index contributed by atoms with van der Waals surface area (Å²) >= 11 is 8.86. The van der Waals surface area contributed by atoms with E-state index in [9.17, 15) is 9.18 Å². The van der Waals surface area contributed by atoms with Crippen LogP contribution >= 0.6 is 27.5 Å². The zero-order chi connectivity index (χ0) is 14.0. The minimum atomic E-state index is -0.406. The van der Waals surface area contributed by atoms with Crippen molar-refractivity contribution in [3.63, 3.8) is 0 Å². The smallest absolute Gasteiger partial charge is 0.219 e. The summed E-state index contributed by atoms with van der Waals surface area (Å²) in [6.45, 7) is 0.374. The number of aromatic nitrogens is 2. The Balaban J connectivity index is 2.51. The van der Waals surface area contributed by atoms with Crippen molar-refractivity contribution < 1.29 is 9.18 Å². The van der Waals surface area contributed by atoms with E-state index in [0.29, 0.717) is 34.4 Å². The number of amides is 1. The summed E-state index contributed by atoms with van der Waals surface area (Å²) in [5.41, 5.74) is 6.46. The SMILES string of the molecule is NC(=O)CCn1c(CCCl)nc2cc(Br)c(F)cc21. The average Bonchev–Trinajstić information content (AvgIpc) is 2.65. The van der Waals surface area contributed by atoms with Crippen LogP contribution in [0.5, 0.6) is 0 Å². The first-order valence-corrected chi connectivity index (χ1v) is 7.04. The third-order valence-corrected chi connectivity index (χ3v) is 3.57. The largest absolute Gasteiger partial charge is 0.370 e. The first-order valence-electron chi connectivity index (χ1n) is 5.71. The van der Waals surface area contributed by atoms with E-state index in [-0.39, 0.29) is 12.2 Å². The van der Waals surface area contributed by atoms with E-state index in [1.54, 1.807) is 10.6 Å². The summed E-state index contributed by atoms with van der Waals surface area (Å²) < 4.78 is 15.8. The zero-order valence-electron chi connectivity index (χ0n) is 10.00. The third-order valence-electron chi connectivity index (χ3n) is 2.77. The van der Waals surface area contributed by atoms with Crippen LogP contribution in [0, 0.1) is 5.82 Å². The Bertz CT molecular complexity index is 629. The number of nitrogens with two attached hydrogens (primary N) is 1. The van der Waals surface area contributed by atoms with Crippen LogP contribution in [0.1, 0.15) is 12.2 Å². The molecule has 2 rings (SSSR count). The summed E-state index contributed by atoms with van der Waals surface area (Å²) in [5.74, 6) is 0.356. The fourth-order valence-corrected chi connectivity index (χ4v) is 2.42. The summed E-state index contributed by atoms with van der Waals surface area (Å²) in [6, 6.07) is 3.01. The molecule has 0 spiro atoms. The molecule has 19 heavy (non-hydrogen) atoms. The second-order valence-corrected chi connectivity index (χ2v) is 5.32. The number of aryl methyl sites for hydroxylation is 2. The Morgan fingerprint density at radius 2 is 2.26 bits per heavy atom. The average molecular weight is 349 g/mol. The molecule has 0 bridgehead atoms. The van der Waals surface area contributed by atoms with Crippen LogP contribution in [0.4, 0.5) is 4.39 Å². The molecule has 0 aliphatic rings. The highest BCUT2D eigenvalue weighted by molar-refractivity contribution is 9.10. The molecule has 0 radical (unpaired) electrons. The molecule has 0 saturated carbocycles. The number of fused-ring (bicyclic) bond motifs is 1. The highest BCUT2D eigenvalue weighted by Gasteiger charge is 2.13. The maximum Gasteiger partial charge on any atom is 0.219 e. The Hall–Kier alpha value is -1.14. The van der Waals surface area contributed by atoms with Gasteiger partial charge in [-0.05, 0) is 22.0 Å². The first kappa shape index (κ1) is 14.3. The molecule has 1 aromatic heterocycles. The molecule has 0 unspecified atom stereocenters. The number of primary amides is 1. The van der Waals surface area contributed by atoms with E-state index in [2.05, 4.69) is 20.9 Å². The highest BCUT2D eigenvalue weighted by atomic mass is 79.9. The number of rotatable bonds is 5. The van der Waals surface area contributed by atoms with Crippen LogP contribution in [0.15, 0.2) is 16.6 Å². The lowest BCUT2D eigenvalue weighted by molar-refractivity contribution is -0.118. The van der Waals surface area contributed by atoms with Gasteiger partial charge in [-0.1, -0.05) is 0 Å². The van der Waals surface area contributed by atoms with Gasteiger partial charge in [0.1, 0.15) is 11.6 Å². The van der Waals surface area contributed by atoms with Gasteiger partial charge in [0, 0.05) is 31.3 Å². The molecular weight excluding hydrogens is 337 g/mol. The topological polar surface area (TPSA) is 60.9 Å². The van der Waals surface area contributed by atoms with Gasteiger partial charge in [-0.25, -0.2) is 9.37 Å². The number of halogens is 3. The molecule has 7 heteroatoms. The van der Waals surface area contributed by atoms with Gasteiger partial charge in [0.15, 0.2) is 0 Å². The second-order valence-electron chi connectivity index (χ2n) is 4.09. The molecule has 1 aromatic carbocycles. The number of benzene rings is 1. The van der Waals surface area contributed by atoms with E-state index >= 15 is 0 Å². The summed E-state index contributed by atoms with van der Waals surface area (Å²) in [6.07, 6.45) is 0.729. The van der Waals surface area contributed by atoms with Gasteiger partial charge >= 0.3 is 0 Å². The lowest BCUT2D eigenvalue weighted by atomic mass is 10.3. The van der Waals surface area contributed by atoms with Crippen LogP contribution in [-0.2, 0) is 17.8 Å². The van der Waals surface area contributed by atoms with Crippen molar-refractivity contribution in [2.45, 2.75) is 19.4 Å². The van der Waals surface area contributed by atoms with Crippen molar-refractivity contribution >= 4 is 44.5 Å². The standard InChI is InChI=1S/C12H12BrClFN3O/c13-7-5-9-10(6-8(7)15)18(4-2-11(16)19)12(17-9)1-3-14/h5-6H,1-4H2,(H2,16,19). The van der Waals surface area contributed by atoms with Crippen LogP contribution in [0.2, 0.25) is 0 Å². The number of alkyl halides is 1. The molecule has 4 nitrogen and oxygen atoms in total. The van der Waals surface area contributed by atoms with E-state index in [1.165, 1.54) is 6.07 Å². The minimum Gasteiger partial charge on any atom is -0.370 e. The molecule has 0 atom stereocenters. The Morgan fingerprint density at radius 1 is 1.53 bits per heavy atom. The molecule has 0 fully saturated rings. The van der Waals surface area contributed by atoms with E-state index < -0.39 is 5.91 Å². The molecule has 2 N–H and O–H groups in total. The molecule has 0 aliphatic carbocycles. The van der Waals surface area contributed by atoms with Gasteiger partial charge < -0.3 is 10.3 Å². The van der Waals surface area contributed by atoms with Crippen molar-refractivity contribution in [3.05, 3.63) is 28.2 Å². The number of nitrogens with zero attached hydrogens (tertiary/aromatic N) is 2. The number of hydrogen-bond acceptors (Lipinski definition) is 2. The van der Waals surface area contributed by atoms with Gasteiger partial charge in [0.25, 0.3) is 0 Å². The Labute approximate surface area is 122 Å². The first-order chi connectivity index (χ1) is 9.02. The Kier molecular flexibility index (Phi) is 4.42. The predicted molar refractivity (Wildman–Crippen MR) is 75.6 cm³/mol. The van der Waals surface area contributed by atoms with Crippen LogP contribution in [0.3, 0.4) is 0 Å². The summed E-state index contributed by atoms with van der Waals surface area (Å²) in [5, 5.41) is 0. The zero-order valence-corrected chi connectivity index (χ0v) is 12.3. The molecule has 1 amide bonds. The van der Waals surface area contributed by atoms with Crippen LogP contribution < -0.4 is 5.73 Å².